The number of amides is 1. The lowest BCUT2D eigenvalue weighted by atomic mass is 10.1. The minimum absolute atomic E-state index is 0.315. The molecule has 0 unspecified atom stereocenters. The van der Waals surface area contributed by atoms with Crippen LogP contribution in [0.3, 0.4) is 0 Å². The maximum Gasteiger partial charge on any atom is 0.265 e. The van der Waals surface area contributed by atoms with Gasteiger partial charge < -0.3 is 10.1 Å². The molecule has 2 aromatic rings. The molecule has 2 rings (SSSR count). The first-order chi connectivity index (χ1) is 10.8. The van der Waals surface area contributed by atoms with Gasteiger partial charge in [0.2, 0.25) is 0 Å². The molecule has 0 fully saturated rings. The molecule has 0 saturated heterocycles. The molecule has 0 bridgehead atoms. The largest absolute Gasteiger partial charge is 0.479 e. The van der Waals surface area contributed by atoms with Crippen molar-refractivity contribution in [3.8, 4) is 5.75 Å². The lowest BCUT2D eigenvalue weighted by molar-refractivity contribution is -0.122. The fourth-order valence-electron chi connectivity index (χ4n) is 2.11. The third-order valence-corrected chi connectivity index (χ3v) is 4.08. The quantitative estimate of drug-likeness (QED) is 0.751. The fraction of sp³-hybridized carbons (Fsp3) is 0.235. The van der Waals surface area contributed by atoms with E-state index in [2.05, 4.69) is 5.32 Å². The molecule has 1 N–H and O–H groups in total. The molecule has 23 heavy (non-hydrogen) atoms. The van der Waals surface area contributed by atoms with E-state index in [0.29, 0.717) is 26.5 Å². The second kappa shape index (κ2) is 7.43. The smallest absolute Gasteiger partial charge is 0.265 e. The molecule has 122 valence electrons. The Balaban J connectivity index is 2.11. The van der Waals surface area contributed by atoms with Gasteiger partial charge in [0.1, 0.15) is 5.75 Å². The Bertz CT molecular complexity index is 724. The molecule has 3 nitrogen and oxygen atoms in total. The second-order valence-corrected chi connectivity index (χ2v) is 6.51. The van der Waals surface area contributed by atoms with Crippen LogP contribution in [0.1, 0.15) is 18.1 Å². The molecule has 2 aromatic carbocycles. The van der Waals surface area contributed by atoms with Crippen molar-refractivity contribution >= 4 is 46.4 Å². The van der Waals surface area contributed by atoms with E-state index in [1.807, 2.05) is 19.9 Å². The minimum Gasteiger partial charge on any atom is -0.479 e. The van der Waals surface area contributed by atoms with Crippen LogP contribution in [0.25, 0.3) is 0 Å². The highest BCUT2D eigenvalue weighted by atomic mass is 35.5. The number of rotatable bonds is 4. The van der Waals surface area contributed by atoms with Crippen molar-refractivity contribution in [3.63, 3.8) is 0 Å². The van der Waals surface area contributed by atoms with Gasteiger partial charge >= 0.3 is 0 Å². The van der Waals surface area contributed by atoms with Gasteiger partial charge in [-0.25, -0.2) is 0 Å². The first kappa shape index (κ1) is 17.9. The van der Waals surface area contributed by atoms with E-state index in [0.717, 1.165) is 11.1 Å². The van der Waals surface area contributed by atoms with Crippen LogP contribution in [0.5, 0.6) is 5.75 Å². The highest BCUT2D eigenvalue weighted by Crippen LogP contribution is 2.30. The lowest BCUT2D eigenvalue weighted by Gasteiger charge is -2.17. The number of benzene rings is 2. The van der Waals surface area contributed by atoms with E-state index < -0.39 is 6.10 Å². The normalized spacial score (nSPS) is 11.9. The number of aryl methyl sites for hydroxylation is 2. The van der Waals surface area contributed by atoms with Crippen molar-refractivity contribution in [1.29, 1.82) is 0 Å². The van der Waals surface area contributed by atoms with Gasteiger partial charge in [-0.15, -0.1) is 0 Å². The van der Waals surface area contributed by atoms with Crippen LogP contribution in [0.4, 0.5) is 5.69 Å². The van der Waals surface area contributed by atoms with Crippen LogP contribution in [-0.2, 0) is 4.79 Å². The van der Waals surface area contributed by atoms with E-state index in [9.17, 15) is 4.79 Å². The Morgan fingerprint density at radius 3 is 2.39 bits per heavy atom. The number of carbonyl (C=O) groups is 1. The summed E-state index contributed by atoms with van der Waals surface area (Å²) in [7, 11) is 0. The zero-order valence-electron chi connectivity index (χ0n) is 12.9. The predicted octanol–water partition coefficient (Wildman–Crippen LogP) is 5.67. The molecule has 1 atom stereocenters. The summed E-state index contributed by atoms with van der Waals surface area (Å²) in [4.78, 5) is 12.3. The summed E-state index contributed by atoms with van der Waals surface area (Å²) in [6, 6.07) is 8.58. The van der Waals surface area contributed by atoms with Crippen LogP contribution >= 0.6 is 34.8 Å². The summed E-state index contributed by atoms with van der Waals surface area (Å²) in [5.74, 6) is 0.0790. The Kier molecular flexibility index (Phi) is 5.79. The van der Waals surface area contributed by atoms with Crippen molar-refractivity contribution < 1.29 is 9.53 Å². The van der Waals surface area contributed by atoms with Gasteiger partial charge in [0.15, 0.2) is 6.10 Å². The van der Waals surface area contributed by atoms with E-state index in [4.69, 9.17) is 39.5 Å². The Morgan fingerprint density at radius 2 is 1.78 bits per heavy atom. The van der Waals surface area contributed by atoms with Crippen molar-refractivity contribution in [2.75, 3.05) is 5.32 Å². The number of nitrogens with one attached hydrogen (secondary N) is 1. The average molecular weight is 373 g/mol. The maximum absolute atomic E-state index is 12.3. The average Bonchev–Trinajstić information content (AvgIpc) is 2.45. The molecule has 1 amide bonds. The Labute approximate surface area is 150 Å². The minimum atomic E-state index is -0.745. The van der Waals surface area contributed by atoms with Crippen LogP contribution in [0.2, 0.25) is 15.1 Å². The summed E-state index contributed by atoms with van der Waals surface area (Å²) in [5, 5.41) is 4.13. The summed E-state index contributed by atoms with van der Waals surface area (Å²) < 4.78 is 5.59. The molecule has 0 heterocycles. The summed E-state index contributed by atoms with van der Waals surface area (Å²) in [5.41, 5.74) is 2.50. The van der Waals surface area contributed by atoms with Gasteiger partial charge in [-0.1, -0.05) is 40.9 Å². The number of anilines is 1. The van der Waals surface area contributed by atoms with Gasteiger partial charge in [-0.3, -0.25) is 4.79 Å². The number of hydrogen-bond donors (Lipinski definition) is 1. The third kappa shape index (κ3) is 4.54. The van der Waals surface area contributed by atoms with E-state index >= 15 is 0 Å². The van der Waals surface area contributed by atoms with Gasteiger partial charge in [-0.2, -0.15) is 0 Å². The molecule has 0 aliphatic carbocycles. The molecule has 0 radical (unpaired) electrons. The topological polar surface area (TPSA) is 38.3 Å². The third-order valence-electron chi connectivity index (χ3n) is 3.25. The Morgan fingerprint density at radius 1 is 1.09 bits per heavy atom. The molecule has 0 saturated carbocycles. The zero-order valence-corrected chi connectivity index (χ0v) is 15.2. The Hall–Kier alpha value is -1.42. The number of hydrogen-bond acceptors (Lipinski definition) is 2. The molecule has 0 aromatic heterocycles. The van der Waals surface area contributed by atoms with E-state index in [1.165, 1.54) is 0 Å². The van der Waals surface area contributed by atoms with Crippen molar-refractivity contribution in [3.05, 3.63) is 56.5 Å². The monoisotopic (exact) mass is 371 g/mol. The van der Waals surface area contributed by atoms with Gasteiger partial charge in [-0.05, 0) is 56.2 Å². The fourth-order valence-corrected chi connectivity index (χ4v) is 2.94. The van der Waals surface area contributed by atoms with Crippen molar-refractivity contribution in [1.82, 2.24) is 0 Å². The predicted molar refractivity (Wildman–Crippen MR) is 96.1 cm³/mol. The van der Waals surface area contributed by atoms with Gasteiger partial charge in [0.25, 0.3) is 5.91 Å². The molecular formula is C17H16Cl3NO2. The van der Waals surface area contributed by atoms with Crippen molar-refractivity contribution in [2.45, 2.75) is 26.9 Å². The highest BCUT2D eigenvalue weighted by molar-refractivity contribution is 6.35. The molecule has 6 heteroatoms. The molecule has 0 aliphatic rings. The van der Waals surface area contributed by atoms with Gasteiger partial charge in [0, 0.05) is 5.02 Å². The van der Waals surface area contributed by atoms with Crippen LogP contribution < -0.4 is 10.1 Å². The first-order valence-corrected chi connectivity index (χ1v) is 8.10. The summed E-state index contributed by atoms with van der Waals surface area (Å²) >= 11 is 18.1. The van der Waals surface area contributed by atoms with E-state index in [-0.39, 0.29) is 5.91 Å². The van der Waals surface area contributed by atoms with Crippen LogP contribution in [0, 0.1) is 13.8 Å². The summed E-state index contributed by atoms with van der Waals surface area (Å²) in [6.07, 6.45) is -0.745. The molecular weight excluding hydrogens is 357 g/mol. The van der Waals surface area contributed by atoms with Gasteiger partial charge in [0.05, 0.1) is 15.7 Å². The maximum atomic E-state index is 12.3. The van der Waals surface area contributed by atoms with Crippen LogP contribution in [0.15, 0.2) is 30.3 Å². The molecule has 0 aliphatic heterocycles. The number of ether oxygens (including phenoxy) is 1. The highest BCUT2D eigenvalue weighted by Gasteiger charge is 2.18. The van der Waals surface area contributed by atoms with Crippen LogP contribution in [-0.4, -0.2) is 12.0 Å². The second-order valence-electron chi connectivity index (χ2n) is 5.26. The zero-order chi connectivity index (χ0) is 17.1. The number of halogens is 3. The number of carbonyl (C=O) groups excluding carboxylic acids is 1. The molecule has 0 spiro atoms. The summed E-state index contributed by atoms with van der Waals surface area (Å²) in [6.45, 7) is 5.46. The SMILES string of the molecule is Cc1cc(C)c(NC(=O)[C@@H](C)Oc2ccc(Cl)cc2Cl)c(Cl)c1. The van der Waals surface area contributed by atoms with Crippen molar-refractivity contribution in [2.24, 2.45) is 0 Å². The lowest BCUT2D eigenvalue weighted by Crippen LogP contribution is -2.30. The first-order valence-electron chi connectivity index (χ1n) is 6.97. The standard InChI is InChI=1S/C17H16Cl3NO2/c1-9-6-10(2)16(14(20)7-9)21-17(22)11(3)23-15-5-4-12(18)8-13(15)19/h4-8,11H,1-3H3,(H,21,22)/t11-/m1/s1. The van der Waals surface area contributed by atoms with E-state index in [1.54, 1.807) is 31.2 Å².